The molecule has 1 aliphatic rings. The Morgan fingerprint density at radius 1 is 0.912 bits per heavy atom. The first-order chi connectivity index (χ1) is 15.7. The molecule has 0 unspecified atom stereocenters. The minimum atomic E-state index is -4.09. The van der Waals surface area contributed by atoms with E-state index in [1.807, 2.05) is 13.8 Å². The fourth-order valence-corrected chi connectivity index (χ4v) is 6.34. The molecule has 0 aromatic heterocycles. The van der Waals surface area contributed by atoms with Gasteiger partial charge in [0.1, 0.15) is 5.60 Å². The van der Waals surface area contributed by atoms with E-state index < -0.39 is 42.9 Å². The van der Waals surface area contributed by atoms with E-state index in [1.54, 1.807) is 45.0 Å². The topological polar surface area (TPSA) is 107 Å². The van der Waals surface area contributed by atoms with Gasteiger partial charge in [-0.1, -0.05) is 35.4 Å². The van der Waals surface area contributed by atoms with Crippen LogP contribution in [-0.4, -0.2) is 57.9 Å². The van der Waals surface area contributed by atoms with E-state index >= 15 is 0 Å². The molecule has 0 saturated carbocycles. The Kier molecular flexibility index (Phi) is 7.45. The molecule has 34 heavy (non-hydrogen) atoms. The van der Waals surface area contributed by atoms with Gasteiger partial charge in [0.15, 0.2) is 9.84 Å². The highest BCUT2D eigenvalue weighted by Gasteiger charge is 2.44. The molecule has 1 heterocycles. The first-order valence-corrected chi connectivity index (χ1v) is 13.9. The number of benzene rings is 2. The number of aryl methyl sites for hydroxylation is 2. The third kappa shape index (κ3) is 6.17. The highest BCUT2D eigenvalue weighted by molar-refractivity contribution is 7.92. The van der Waals surface area contributed by atoms with Crippen molar-refractivity contribution in [1.29, 1.82) is 0 Å². The number of carbonyl (C=O) groups excluding carboxylic acids is 1. The molecule has 0 radical (unpaired) electrons. The quantitative estimate of drug-likeness (QED) is 0.544. The molecule has 2 aromatic rings. The third-order valence-electron chi connectivity index (χ3n) is 5.52. The SMILES string of the molecule is Cc1ccc(S(=O)(=O)OC[C@@H]2C[C@H](S(=O)(=O)c3ccc(C)cc3)CN2C(=O)OC(C)(C)C)cc1. The summed E-state index contributed by atoms with van der Waals surface area (Å²) in [6, 6.07) is 11.9. The average molecular weight is 510 g/mol. The predicted molar refractivity (Wildman–Crippen MR) is 128 cm³/mol. The lowest BCUT2D eigenvalue weighted by Crippen LogP contribution is -2.42. The second kappa shape index (κ2) is 9.67. The number of ether oxygens (including phenoxy) is 1. The number of hydrogen-bond acceptors (Lipinski definition) is 7. The van der Waals surface area contributed by atoms with Gasteiger partial charge >= 0.3 is 6.09 Å². The fraction of sp³-hybridized carbons (Fsp3) is 0.458. The Morgan fingerprint density at radius 3 is 1.91 bits per heavy atom. The van der Waals surface area contributed by atoms with Crippen LogP contribution in [0.4, 0.5) is 4.79 Å². The van der Waals surface area contributed by atoms with Gasteiger partial charge in [0.25, 0.3) is 10.1 Å². The zero-order valence-corrected chi connectivity index (χ0v) is 21.6. The van der Waals surface area contributed by atoms with Crippen molar-refractivity contribution in [2.24, 2.45) is 0 Å². The van der Waals surface area contributed by atoms with Crippen LogP contribution < -0.4 is 0 Å². The summed E-state index contributed by atoms with van der Waals surface area (Å²) in [5.74, 6) is 0. The van der Waals surface area contributed by atoms with Crippen LogP contribution in [0.15, 0.2) is 58.3 Å². The minimum Gasteiger partial charge on any atom is -0.444 e. The van der Waals surface area contributed by atoms with Crippen molar-refractivity contribution in [1.82, 2.24) is 4.90 Å². The summed E-state index contributed by atoms with van der Waals surface area (Å²) < 4.78 is 62.6. The van der Waals surface area contributed by atoms with Crippen LogP contribution in [0.3, 0.4) is 0 Å². The molecule has 1 amide bonds. The predicted octanol–water partition coefficient (Wildman–Crippen LogP) is 3.86. The largest absolute Gasteiger partial charge is 0.444 e. The second-order valence-electron chi connectivity index (χ2n) is 9.55. The van der Waals surface area contributed by atoms with Gasteiger partial charge in [-0.15, -0.1) is 0 Å². The van der Waals surface area contributed by atoms with Crippen LogP contribution in [0, 0.1) is 13.8 Å². The molecule has 186 valence electrons. The molecule has 8 nitrogen and oxygen atoms in total. The number of rotatable bonds is 6. The van der Waals surface area contributed by atoms with E-state index in [2.05, 4.69) is 0 Å². The molecule has 10 heteroatoms. The summed E-state index contributed by atoms with van der Waals surface area (Å²) in [6.07, 6.45) is -0.686. The highest BCUT2D eigenvalue weighted by atomic mass is 32.2. The molecule has 1 saturated heterocycles. The molecule has 1 fully saturated rings. The van der Waals surface area contributed by atoms with Gasteiger partial charge in [0, 0.05) is 6.54 Å². The van der Waals surface area contributed by atoms with E-state index in [4.69, 9.17) is 8.92 Å². The van der Waals surface area contributed by atoms with Crippen molar-refractivity contribution < 1.29 is 30.6 Å². The maximum Gasteiger partial charge on any atom is 0.410 e. The summed E-state index contributed by atoms with van der Waals surface area (Å²) in [4.78, 5) is 14.3. The van der Waals surface area contributed by atoms with Crippen molar-refractivity contribution in [2.45, 2.75) is 67.7 Å². The van der Waals surface area contributed by atoms with E-state index in [-0.39, 0.29) is 29.4 Å². The monoisotopic (exact) mass is 509 g/mol. The molecular formula is C24H31NO7S2. The highest BCUT2D eigenvalue weighted by Crippen LogP contribution is 2.30. The average Bonchev–Trinajstić information content (AvgIpc) is 3.17. The van der Waals surface area contributed by atoms with Crippen LogP contribution in [0.2, 0.25) is 0 Å². The molecule has 3 rings (SSSR count). The number of hydrogen-bond donors (Lipinski definition) is 0. The van der Waals surface area contributed by atoms with Gasteiger partial charge in [0.05, 0.1) is 27.7 Å². The molecule has 0 spiro atoms. The van der Waals surface area contributed by atoms with Gasteiger partial charge < -0.3 is 9.64 Å². The standard InChI is InChI=1S/C24H31NO7S2/c1-17-6-10-20(11-7-17)33(27,28)22-14-19(25(15-22)23(26)32-24(3,4)5)16-31-34(29,30)21-12-8-18(2)9-13-21/h6-13,19,22H,14-16H2,1-5H3/t19-,22-/m0/s1. The lowest BCUT2D eigenvalue weighted by Gasteiger charge is -2.28. The Bertz CT molecular complexity index is 1230. The van der Waals surface area contributed by atoms with Crippen LogP contribution in [0.5, 0.6) is 0 Å². The summed E-state index contributed by atoms with van der Waals surface area (Å²) in [5.41, 5.74) is 1.02. The van der Waals surface area contributed by atoms with E-state index in [0.717, 1.165) is 11.1 Å². The van der Waals surface area contributed by atoms with E-state index in [0.29, 0.717) is 0 Å². The van der Waals surface area contributed by atoms with Crippen molar-refractivity contribution >= 4 is 26.0 Å². The molecule has 0 N–H and O–H groups in total. The molecule has 1 aliphatic heterocycles. The number of nitrogens with zero attached hydrogens (tertiary/aromatic N) is 1. The van der Waals surface area contributed by atoms with Gasteiger partial charge in [0.2, 0.25) is 0 Å². The van der Waals surface area contributed by atoms with Crippen LogP contribution in [0.25, 0.3) is 0 Å². The number of carbonyl (C=O) groups is 1. The van der Waals surface area contributed by atoms with Crippen LogP contribution in [-0.2, 0) is 28.9 Å². The smallest absolute Gasteiger partial charge is 0.410 e. The van der Waals surface area contributed by atoms with Gasteiger partial charge in [-0.2, -0.15) is 8.42 Å². The van der Waals surface area contributed by atoms with E-state index in [9.17, 15) is 21.6 Å². The number of likely N-dealkylation sites (tertiary alicyclic amines) is 1. The molecule has 0 bridgehead atoms. The number of sulfone groups is 1. The normalized spacial score (nSPS) is 19.3. The zero-order valence-electron chi connectivity index (χ0n) is 20.0. The van der Waals surface area contributed by atoms with Crippen molar-refractivity contribution in [3.05, 3.63) is 59.7 Å². The Hall–Kier alpha value is -2.43. The minimum absolute atomic E-state index is 0.0104. The number of amides is 1. The van der Waals surface area contributed by atoms with Crippen LogP contribution >= 0.6 is 0 Å². The molecule has 2 atom stereocenters. The fourth-order valence-electron chi connectivity index (χ4n) is 3.66. The lowest BCUT2D eigenvalue weighted by molar-refractivity contribution is 0.0189. The van der Waals surface area contributed by atoms with E-state index in [1.165, 1.54) is 29.2 Å². The zero-order chi connectivity index (χ0) is 25.3. The van der Waals surface area contributed by atoms with Gasteiger partial charge in [-0.05, 0) is 65.3 Å². The molecular weight excluding hydrogens is 478 g/mol. The Balaban J connectivity index is 1.84. The summed E-state index contributed by atoms with van der Waals surface area (Å²) in [6.45, 7) is 8.30. The first kappa shape index (κ1) is 26.2. The van der Waals surface area contributed by atoms with Crippen LogP contribution in [0.1, 0.15) is 38.3 Å². The summed E-state index contributed by atoms with van der Waals surface area (Å²) in [7, 11) is -7.85. The second-order valence-corrected chi connectivity index (χ2v) is 13.4. The van der Waals surface area contributed by atoms with Crippen molar-refractivity contribution in [3.63, 3.8) is 0 Å². The maximum atomic E-state index is 13.3. The summed E-state index contributed by atoms with van der Waals surface area (Å²) >= 11 is 0. The first-order valence-electron chi connectivity index (χ1n) is 11.0. The summed E-state index contributed by atoms with van der Waals surface area (Å²) in [5, 5.41) is -0.918. The Labute approximate surface area is 201 Å². The molecule has 2 aromatic carbocycles. The maximum absolute atomic E-state index is 13.3. The van der Waals surface area contributed by atoms with Gasteiger partial charge in [-0.3, -0.25) is 4.18 Å². The lowest BCUT2D eigenvalue weighted by atomic mass is 10.2. The van der Waals surface area contributed by atoms with Gasteiger partial charge in [-0.25, -0.2) is 13.2 Å². The molecule has 0 aliphatic carbocycles. The van der Waals surface area contributed by atoms with Crippen molar-refractivity contribution in [2.75, 3.05) is 13.2 Å². The Morgan fingerprint density at radius 2 is 1.41 bits per heavy atom. The van der Waals surface area contributed by atoms with Crippen molar-refractivity contribution in [3.8, 4) is 0 Å². The third-order valence-corrected chi connectivity index (χ3v) is 8.96.